The zero-order chi connectivity index (χ0) is 30.9. The van der Waals surface area contributed by atoms with E-state index in [2.05, 4.69) is 10.6 Å². The number of carbonyl (C=O) groups is 4. The van der Waals surface area contributed by atoms with E-state index >= 15 is 0 Å². The lowest BCUT2D eigenvalue weighted by Gasteiger charge is -2.45. The number of benzene rings is 1. The average Bonchev–Trinajstić information content (AvgIpc) is 3.27. The Hall–Kier alpha value is -3.03. The van der Waals surface area contributed by atoms with Crippen molar-refractivity contribution in [2.24, 2.45) is 0 Å². The van der Waals surface area contributed by atoms with Crippen LogP contribution in [-0.2, 0) is 15.0 Å². The van der Waals surface area contributed by atoms with Crippen LogP contribution >= 0.6 is 34.5 Å². The van der Waals surface area contributed by atoms with Gasteiger partial charge in [0, 0.05) is 18.0 Å². The fourth-order valence-corrected chi connectivity index (χ4v) is 5.50. The van der Waals surface area contributed by atoms with Crippen LogP contribution in [0.4, 0.5) is 28.7 Å². The lowest BCUT2D eigenvalue weighted by Crippen LogP contribution is -2.65. The van der Waals surface area contributed by atoms with E-state index in [-0.39, 0.29) is 44.8 Å². The van der Waals surface area contributed by atoms with Gasteiger partial charge >= 0.3 is 12.2 Å². The molecule has 0 unspecified atom stereocenters. The van der Waals surface area contributed by atoms with Gasteiger partial charge < -0.3 is 20.4 Å². The second-order valence-corrected chi connectivity index (χ2v) is 12.8. The Morgan fingerprint density at radius 3 is 2.34 bits per heavy atom. The second-order valence-electron chi connectivity index (χ2n) is 10.9. The summed E-state index contributed by atoms with van der Waals surface area (Å²) in [5.41, 5.74) is -1.39. The molecule has 1 aromatic heterocycles. The largest absolute Gasteiger partial charge is 0.405 e. The Kier molecular flexibility index (Phi) is 9.56. The van der Waals surface area contributed by atoms with Crippen LogP contribution in [0, 0.1) is 0 Å². The number of rotatable bonds is 6. The summed E-state index contributed by atoms with van der Waals surface area (Å²) < 4.78 is 37.3. The molecular formula is C26H30Cl2F3N5O4S. The van der Waals surface area contributed by atoms with E-state index in [0.717, 1.165) is 9.78 Å². The maximum atomic E-state index is 13.8. The van der Waals surface area contributed by atoms with Crippen LogP contribution in [0.2, 0.25) is 10.0 Å². The van der Waals surface area contributed by atoms with Crippen molar-refractivity contribution < 1.29 is 32.3 Å². The zero-order valence-electron chi connectivity index (χ0n) is 23.0. The molecule has 1 saturated heterocycles. The van der Waals surface area contributed by atoms with Crippen LogP contribution in [0.5, 0.6) is 0 Å². The number of hydrogen-bond donors (Lipinski definition) is 3. The van der Waals surface area contributed by atoms with Crippen LogP contribution in [0.3, 0.4) is 0 Å². The molecule has 2 heterocycles. The molecule has 224 valence electrons. The van der Waals surface area contributed by atoms with Crippen LogP contribution in [0.1, 0.15) is 49.9 Å². The van der Waals surface area contributed by atoms with Crippen molar-refractivity contribution in [3.8, 4) is 0 Å². The molecule has 1 aromatic carbocycles. The smallest absolute Gasteiger partial charge is 0.345 e. The van der Waals surface area contributed by atoms with Gasteiger partial charge in [0.05, 0.1) is 27.8 Å². The molecule has 1 aliphatic heterocycles. The number of nitrogens with one attached hydrogen (secondary N) is 3. The first kappa shape index (κ1) is 32.5. The van der Waals surface area contributed by atoms with E-state index in [1.807, 2.05) is 20.8 Å². The molecule has 2 aromatic rings. The van der Waals surface area contributed by atoms with Gasteiger partial charge in [-0.15, -0.1) is 11.3 Å². The standard InChI is InChI=1S/C26H30Cl2F3N5O4S/c1-24(2,3)17-11-14(20(41-17)34-23(40)33-16-8-6-7-15(27)19(16)28)21(38)36-10-9-35(22(39)25(36,4)5)12-18(37)32-13-26(29,30)31/h6-8,11H,9-10,12-13H2,1-5H3,(H,32,37)(H2,33,34,40). The summed E-state index contributed by atoms with van der Waals surface area (Å²) in [6.07, 6.45) is -4.58. The Labute approximate surface area is 249 Å². The van der Waals surface area contributed by atoms with Crippen molar-refractivity contribution in [2.45, 2.75) is 51.7 Å². The van der Waals surface area contributed by atoms with E-state index in [1.54, 1.807) is 29.6 Å². The fourth-order valence-electron chi connectivity index (χ4n) is 4.05. The molecule has 5 amide bonds. The quantitative estimate of drug-likeness (QED) is 0.376. The number of halogens is 5. The van der Waals surface area contributed by atoms with Gasteiger partial charge in [0.2, 0.25) is 11.8 Å². The highest BCUT2D eigenvalue weighted by Gasteiger charge is 2.45. The number of amides is 5. The first-order chi connectivity index (χ1) is 18.8. The van der Waals surface area contributed by atoms with E-state index in [4.69, 9.17) is 23.2 Å². The minimum absolute atomic E-state index is 0.00851. The van der Waals surface area contributed by atoms with Gasteiger partial charge in [-0.2, -0.15) is 13.2 Å². The Balaban J connectivity index is 1.82. The predicted octanol–water partition coefficient (Wildman–Crippen LogP) is 5.74. The number of anilines is 2. The maximum absolute atomic E-state index is 13.8. The van der Waals surface area contributed by atoms with Crippen molar-refractivity contribution in [2.75, 3.05) is 36.8 Å². The maximum Gasteiger partial charge on any atom is 0.405 e. The van der Waals surface area contributed by atoms with Gasteiger partial charge in [0.25, 0.3) is 5.91 Å². The van der Waals surface area contributed by atoms with Crippen LogP contribution < -0.4 is 16.0 Å². The van der Waals surface area contributed by atoms with Gasteiger partial charge in [-0.05, 0) is 37.5 Å². The van der Waals surface area contributed by atoms with Crippen molar-refractivity contribution in [3.05, 3.63) is 44.8 Å². The van der Waals surface area contributed by atoms with E-state index in [9.17, 15) is 32.3 Å². The highest BCUT2D eigenvalue weighted by atomic mass is 35.5. The first-order valence-corrected chi connectivity index (χ1v) is 14.0. The van der Waals surface area contributed by atoms with Gasteiger partial charge in [0.15, 0.2) is 0 Å². The van der Waals surface area contributed by atoms with Gasteiger partial charge in [-0.25, -0.2) is 4.79 Å². The summed E-state index contributed by atoms with van der Waals surface area (Å²) in [6.45, 7) is 6.66. The fraction of sp³-hybridized carbons (Fsp3) is 0.462. The third-order valence-electron chi connectivity index (χ3n) is 6.27. The molecule has 0 aliphatic carbocycles. The molecule has 0 spiro atoms. The number of piperazine rings is 1. The molecule has 3 rings (SSSR count). The summed E-state index contributed by atoms with van der Waals surface area (Å²) in [4.78, 5) is 55.2. The topological polar surface area (TPSA) is 111 Å². The third-order valence-corrected chi connectivity index (χ3v) is 8.57. The lowest BCUT2D eigenvalue weighted by molar-refractivity contribution is -0.150. The number of alkyl halides is 3. The van der Waals surface area contributed by atoms with Crippen molar-refractivity contribution in [1.82, 2.24) is 15.1 Å². The van der Waals surface area contributed by atoms with Crippen molar-refractivity contribution >= 4 is 69.0 Å². The molecule has 0 atom stereocenters. The minimum Gasteiger partial charge on any atom is -0.345 e. The Bertz CT molecular complexity index is 1360. The molecule has 3 N–H and O–H groups in total. The highest BCUT2D eigenvalue weighted by Crippen LogP contribution is 2.38. The molecule has 0 radical (unpaired) electrons. The molecule has 41 heavy (non-hydrogen) atoms. The number of carbonyl (C=O) groups excluding carboxylic acids is 4. The molecule has 1 fully saturated rings. The van der Waals surface area contributed by atoms with E-state index < -0.39 is 48.6 Å². The van der Waals surface area contributed by atoms with Crippen molar-refractivity contribution in [3.63, 3.8) is 0 Å². The summed E-state index contributed by atoms with van der Waals surface area (Å²) >= 11 is 13.4. The predicted molar refractivity (Wildman–Crippen MR) is 153 cm³/mol. The second kappa shape index (κ2) is 12.1. The molecule has 0 saturated carbocycles. The molecule has 0 bridgehead atoms. The monoisotopic (exact) mass is 635 g/mol. The first-order valence-electron chi connectivity index (χ1n) is 12.4. The Morgan fingerprint density at radius 1 is 1.07 bits per heavy atom. The molecule has 9 nitrogen and oxygen atoms in total. The zero-order valence-corrected chi connectivity index (χ0v) is 25.3. The molecule has 15 heteroatoms. The van der Waals surface area contributed by atoms with Crippen molar-refractivity contribution in [1.29, 1.82) is 0 Å². The summed E-state index contributed by atoms with van der Waals surface area (Å²) in [6, 6.07) is 5.73. The van der Waals surface area contributed by atoms with Crippen LogP contribution in [0.15, 0.2) is 24.3 Å². The third kappa shape index (κ3) is 7.83. The summed E-state index contributed by atoms with van der Waals surface area (Å²) in [5.74, 6) is -2.10. The van der Waals surface area contributed by atoms with Crippen LogP contribution in [0.25, 0.3) is 0 Å². The SMILES string of the molecule is CC(C)(C)c1cc(C(=O)N2CCN(CC(=O)NCC(F)(F)F)C(=O)C2(C)C)c(NC(=O)Nc2cccc(Cl)c2Cl)s1. The normalized spacial score (nSPS) is 15.5. The van der Waals surface area contributed by atoms with Gasteiger partial charge in [-0.3, -0.25) is 19.7 Å². The molecule has 1 aliphatic rings. The highest BCUT2D eigenvalue weighted by molar-refractivity contribution is 7.16. The van der Waals surface area contributed by atoms with Gasteiger partial charge in [-0.1, -0.05) is 50.0 Å². The summed E-state index contributed by atoms with van der Waals surface area (Å²) in [5, 5.41) is 7.68. The average molecular weight is 637 g/mol. The number of thiophene rings is 1. The van der Waals surface area contributed by atoms with Gasteiger partial charge in [0.1, 0.15) is 17.1 Å². The number of urea groups is 1. The van der Waals surface area contributed by atoms with Crippen LogP contribution in [-0.4, -0.2) is 71.4 Å². The number of hydrogen-bond acceptors (Lipinski definition) is 5. The van der Waals surface area contributed by atoms with E-state index in [0.29, 0.717) is 0 Å². The molecular weight excluding hydrogens is 606 g/mol. The van der Waals surface area contributed by atoms with E-state index in [1.165, 1.54) is 30.1 Å². The minimum atomic E-state index is -4.58. The number of nitrogens with zero attached hydrogens (tertiary/aromatic N) is 2. The summed E-state index contributed by atoms with van der Waals surface area (Å²) in [7, 11) is 0. The Morgan fingerprint density at radius 2 is 1.73 bits per heavy atom. The lowest BCUT2D eigenvalue weighted by atomic mass is 9.93.